The van der Waals surface area contributed by atoms with Gasteiger partial charge in [-0.25, -0.2) is 9.37 Å². The van der Waals surface area contributed by atoms with Crippen molar-refractivity contribution in [2.75, 3.05) is 6.54 Å². The van der Waals surface area contributed by atoms with Crippen molar-refractivity contribution in [3.05, 3.63) is 53.0 Å². The summed E-state index contributed by atoms with van der Waals surface area (Å²) >= 11 is 0. The Morgan fingerprint density at radius 3 is 2.77 bits per heavy atom. The van der Waals surface area contributed by atoms with Gasteiger partial charge < -0.3 is 10.1 Å². The zero-order chi connectivity index (χ0) is 15.7. The van der Waals surface area contributed by atoms with Crippen LogP contribution in [0.3, 0.4) is 0 Å². The average Bonchev–Trinajstić information content (AvgIpc) is 2.48. The van der Waals surface area contributed by atoms with E-state index >= 15 is 0 Å². The van der Waals surface area contributed by atoms with Gasteiger partial charge in [0.2, 0.25) is 5.88 Å². The van der Waals surface area contributed by atoms with E-state index in [1.54, 1.807) is 6.07 Å². The maximum Gasteiger partial charge on any atom is 0.420 e. The maximum absolute atomic E-state index is 13.1. The summed E-state index contributed by atoms with van der Waals surface area (Å²) in [7, 11) is 0. The highest BCUT2D eigenvalue weighted by Crippen LogP contribution is 2.39. The Bertz CT molecular complexity index is 700. The Morgan fingerprint density at radius 2 is 2.00 bits per heavy atom. The first-order valence-corrected chi connectivity index (χ1v) is 6.67. The van der Waals surface area contributed by atoms with Crippen molar-refractivity contribution in [3.8, 4) is 11.6 Å². The number of hydrogen-bond donors (Lipinski definition) is 1. The number of halogens is 4. The van der Waals surface area contributed by atoms with E-state index in [1.807, 2.05) is 0 Å². The molecule has 1 aromatic heterocycles. The zero-order valence-electron chi connectivity index (χ0n) is 11.4. The number of rotatable bonds is 2. The Balaban J connectivity index is 2.01. The molecule has 0 unspecified atom stereocenters. The molecule has 2 heterocycles. The summed E-state index contributed by atoms with van der Waals surface area (Å²) in [5, 5.41) is 3.16. The van der Waals surface area contributed by atoms with Gasteiger partial charge in [-0.3, -0.25) is 0 Å². The fourth-order valence-corrected chi connectivity index (χ4v) is 2.39. The van der Waals surface area contributed by atoms with E-state index in [0.29, 0.717) is 25.6 Å². The van der Waals surface area contributed by atoms with Gasteiger partial charge in [0, 0.05) is 18.3 Å². The van der Waals surface area contributed by atoms with E-state index in [2.05, 4.69) is 10.3 Å². The lowest BCUT2D eigenvalue weighted by Crippen LogP contribution is -2.24. The Hall–Kier alpha value is -2.15. The first kappa shape index (κ1) is 14.8. The molecule has 22 heavy (non-hydrogen) atoms. The molecule has 0 spiro atoms. The third kappa shape index (κ3) is 2.89. The molecule has 0 radical (unpaired) electrons. The van der Waals surface area contributed by atoms with Crippen molar-refractivity contribution in [3.63, 3.8) is 0 Å². The largest absolute Gasteiger partial charge is 0.438 e. The molecule has 1 N–H and O–H groups in total. The third-order valence-corrected chi connectivity index (χ3v) is 3.43. The molecular formula is C15H12F4N2O. The lowest BCUT2D eigenvalue weighted by atomic mass is 10.0. The third-order valence-electron chi connectivity index (χ3n) is 3.43. The summed E-state index contributed by atoms with van der Waals surface area (Å²) in [5.41, 5.74) is 0.562. The second-order valence-electron chi connectivity index (χ2n) is 4.92. The van der Waals surface area contributed by atoms with Crippen molar-refractivity contribution >= 4 is 0 Å². The maximum atomic E-state index is 13.1. The summed E-state index contributed by atoms with van der Waals surface area (Å²) in [5.74, 6) is -1.28. The number of ether oxygens (including phenoxy) is 1. The normalized spacial score (nSPS) is 14.5. The highest BCUT2D eigenvalue weighted by atomic mass is 19.4. The van der Waals surface area contributed by atoms with Gasteiger partial charge in [0.15, 0.2) is 0 Å². The van der Waals surface area contributed by atoms with E-state index in [4.69, 9.17) is 4.74 Å². The van der Waals surface area contributed by atoms with E-state index in [-0.39, 0.29) is 5.88 Å². The molecule has 0 atom stereocenters. The predicted octanol–water partition coefficient (Wildman–Crippen LogP) is 3.68. The molecule has 1 aromatic carbocycles. The van der Waals surface area contributed by atoms with Gasteiger partial charge in [-0.15, -0.1) is 0 Å². The van der Waals surface area contributed by atoms with Crippen molar-refractivity contribution in [1.82, 2.24) is 10.3 Å². The molecule has 0 fully saturated rings. The molecule has 0 saturated carbocycles. The minimum absolute atomic E-state index is 0.135. The minimum Gasteiger partial charge on any atom is -0.438 e. The van der Waals surface area contributed by atoms with Crippen molar-refractivity contribution in [2.24, 2.45) is 0 Å². The van der Waals surface area contributed by atoms with Gasteiger partial charge in [0.05, 0.1) is 0 Å². The minimum atomic E-state index is -4.70. The number of aromatic nitrogens is 1. The Kier molecular flexibility index (Phi) is 3.74. The highest BCUT2D eigenvalue weighted by Gasteiger charge is 2.35. The summed E-state index contributed by atoms with van der Waals surface area (Å²) in [6.45, 7) is 1.31. The number of fused-ring (bicyclic) bond motifs is 1. The lowest BCUT2D eigenvalue weighted by molar-refractivity contribution is -0.138. The van der Waals surface area contributed by atoms with Crippen molar-refractivity contribution in [2.45, 2.75) is 19.1 Å². The summed E-state index contributed by atoms with van der Waals surface area (Å²) in [4.78, 5) is 4.02. The molecule has 1 aliphatic rings. The lowest BCUT2D eigenvalue weighted by Gasteiger charge is -2.20. The van der Waals surface area contributed by atoms with Crippen LogP contribution in [0.4, 0.5) is 17.6 Å². The van der Waals surface area contributed by atoms with Gasteiger partial charge >= 0.3 is 6.18 Å². The number of nitrogens with zero attached hydrogens (tertiary/aromatic N) is 1. The fraction of sp³-hybridized carbons (Fsp3) is 0.267. The molecular weight excluding hydrogens is 300 g/mol. The SMILES string of the molecule is Fc1ccc(Oc2nccc3c2CCNC3)c(C(F)(F)F)c1. The topological polar surface area (TPSA) is 34.1 Å². The number of nitrogens with one attached hydrogen (secondary N) is 1. The standard InChI is InChI=1S/C15H12F4N2O/c16-10-1-2-13(12(7-10)15(17,18)19)22-14-11-4-5-20-8-9(11)3-6-21-14/h1-3,6-7,20H,4-5,8H2. The fourth-order valence-electron chi connectivity index (χ4n) is 2.39. The molecule has 1 aliphatic heterocycles. The molecule has 0 bridgehead atoms. The first-order valence-electron chi connectivity index (χ1n) is 6.67. The van der Waals surface area contributed by atoms with Crippen LogP contribution in [0.1, 0.15) is 16.7 Å². The van der Waals surface area contributed by atoms with Crippen LogP contribution in [0, 0.1) is 5.82 Å². The average molecular weight is 312 g/mol. The van der Waals surface area contributed by atoms with Gasteiger partial charge in [-0.05, 0) is 42.8 Å². The number of alkyl halides is 3. The molecule has 3 rings (SSSR count). The van der Waals surface area contributed by atoms with Crippen LogP contribution in [0.5, 0.6) is 11.6 Å². The molecule has 0 saturated heterocycles. The smallest absolute Gasteiger partial charge is 0.420 e. The predicted molar refractivity (Wildman–Crippen MR) is 71.1 cm³/mol. The monoisotopic (exact) mass is 312 g/mol. The molecule has 7 heteroatoms. The van der Waals surface area contributed by atoms with Crippen LogP contribution in [-0.4, -0.2) is 11.5 Å². The summed E-state index contributed by atoms with van der Waals surface area (Å²) < 4.78 is 57.5. The first-order chi connectivity index (χ1) is 10.4. The molecule has 0 aliphatic carbocycles. The quantitative estimate of drug-likeness (QED) is 0.859. The summed E-state index contributed by atoms with van der Waals surface area (Å²) in [6, 6.07) is 4.12. The molecule has 2 aromatic rings. The Labute approximate surface area is 123 Å². The zero-order valence-corrected chi connectivity index (χ0v) is 11.4. The number of benzene rings is 1. The van der Waals surface area contributed by atoms with Crippen LogP contribution >= 0.6 is 0 Å². The number of pyridine rings is 1. The van der Waals surface area contributed by atoms with E-state index in [1.165, 1.54) is 6.20 Å². The van der Waals surface area contributed by atoms with Crippen LogP contribution in [0.25, 0.3) is 0 Å². The van der Waals surface area contributed by atoms with E-state index in [0.717, 1.165) is 23.3 Å². The summed E-state index contributed by atoms with van der Waals surface area (Å²) in [6.07, 6.45) is -2.60. The van der Waals surface area contributed by atoms with Gasteiger partial charge in [-0.1, -0.05) is 0 Å². The molecule has 0 amide bonds. The molecule has 3 nitrogen and oxygen atoms in total. The van der Waals surface area contributed by atoms with Crippen LogP contribution in [0.2, 0.25) is 0 Å². The number of hydrogen-bond acceptors (Lipinski definition) is 3. The van der Waals surface area contributed by atoms with E-state index < -0.39 is 23.3 Å². The highest BCUT2D eigenvalue weighted by molar-refractivity contribution is 5.43. The van der Waals surface area contributed by atoms with Crippen LogP contribution in [-0.2, 0) is 19.1 Å². The van der Waals surface area contributed by atoms with Crippen LogP contribution < -0.4 is 10.1 Å². The van der Waals surface area contributed by atoms with Gasteiger partial charge in [0.1, 0.15) is 17.1 Å². The van der Waals surface area contributed by atoms with Gasteiger partial charge in [0.25, 0.3) is 0 Å². The Morgan fingerprint density at radius 1 is 1.18 bits per heavy atom. The van der Waals surface area contributed by atoms with Crippen molar-refractivity contribution < 1.29 is 22.3 Å². The second-order valence-corrected chi connectivity index (χ2v) is 4.92. The van der Waals surface area contributed by atoms with Crippen LogP contribution in [0.15, 0.2) is 30.5 Å². The second kappa shape index (κ2) is 5.57. The van der Waals surface area contributed by atoms with E-state index in [9.17, 15) is 17.6 Å². The van der Waals surface area contributed by atoms with Gasteiger partial charge in [-0.2, -0.15) is 13.2 Å². The van der Waals surface area contributed by atoms with Crippen molar-refractivity contribution in [1.29, 1.82) is 0 Å². The molecule has 116 valence electrons.